The molecule has 20 heavy (non-hydrogen) atoms. The number of amides is 2. The van der Waals surface area contributed by atoms with E-state index in [1.807, 2.05) is 16.8 Å². The predicted octanol–water partition coefficient (Wildman–Crippen LogP) is 1.50. The number of carbonyl (C=O) groups is 2. The Morgan fingerprint density at radius 2 is 2.15 bits per heavy atom. The maximum atomic E-state index is 12.1. The van der Waals surface area contributed by atoms with Gasteiger partial charge in [-0.2, -0.15) is 5.10 Å². The van der Waals surface area contributed by atoms with Crippen LogP contribution >= 0.6 is 0 Å². The highest BCUT2D eigenvalue weighted by atomic mass is 16.2. The molecule has 1 unspecified atom stereocenters. The van der Waals surface area contributed by atoms with Crippen molar-refractivity contribution in [2.75, 3.05) is 0 Å². The Bertz CT molecular complexity index is 732. The normalized spacial score (nSPS) is 22.1. The van der Waals surface area contributed by atoms with Crippen LogP contribution in [0.3, 0.4) is 0 Å². The number of carbonyl (C=O) groups excluding carboxylic acids is 2. The van der Waals surface area contributed by atoms with Crippen LogP contribution in [0.4, 0.5) is 0 Å². The van der Waals surface area contributed by atoms with Crippen molar-refractivity contribution in [3.05, 3.63) is 29.5 Å². The molecule has 2 aromatic rings. The molecule has 2 aliphatic rings. The van der Waals surface area contributed by atoms with Gasteiger partial charge in [-0.15, -0.1) is 0 Å². The van der Waals surface area contributed by atoms with Gasteiger partial charge in [0.15, 0.2) is 0 Å². The number of hydrogen-bond donors (Lipinski definition) is 1. The third-order valence-electron chi connectivity index (χ3n) is 4.27. The maximum Gasteiger partial charge on any atom is 0.235 e. The molecular weight excluding hydrogens is 254 g/mol. The van der Waals surface area contributed by atoms with Gasteiger partial charge in [-0.1, -0.05) is 18.2 Å². The second-order valence-electron chi connectivity index (χ2n) is 5.53. The minimum Gasteiger partial charge on any atom is -0.296 e. The largest absolute Gasteiger partial charge is 0.296 e. The monoisotopic (exact) mass is 269 g/mol. The molecule has 1 N–H and O–H groups in total. The summed E-state index contributed by atoms with van der Waals surface area (Å²) in [5.74, 6) is -0.692. The molecule has 1 saturated heterocycles. The number of imide groups is 1. The van der Waals surface area contributed by atoms with Crippen molar-refractivity contribution in [3.8, 4) is 0 Å². The lowest BCUT2D eigenvalue weighted by atomic mass is 9.92. The number of hydrogen-bond acceptors (Lipinski definition) is 3. The van der Waals surface area contributed by atoms with Crippen LogP contribution in [0, 0.1) is 0 Å². The van der Waals surface area contributed by atoms with E-state index < -0.39 is 0 Å². The zero-order chi connectivity index (χ0) is 13.7. The van der Waals surface area contributed by atoms with Crippen molar-refractivity contribution in [1.29, 1.82) is 0 Å². The first-order valence-electron chi connectivity index (χ1n) is 7.06. The number of nitrogens with one attached hydrogen (secondary N) is 1. The second-order valence-corrected chi connectivity index (χ2v) is 5.53. The number of rotatable bonds is 1. The maximum absolute atomic E-state index is 12.1. The first kappa shape index (κ1) is 11.6. The van der Waals surface area contributed by atoms with Crippen molar-refractivity contribution in [2.45, 2.75) is 38.1 Å². The molecule has 5 nitrogen and oxygen atoms in total. The number of nitrogens with zero attached hydrogens (tertiary/aromatic N) is 2. The molecule has 0 radical (unpaired) electrons. The van der Waals surface area contributed by atoms with Gasteiger partial charge in [-0.05, 0) is 24.8 Å². The highest BCUT2D eigenvalue weighted by Crippen LogP contribution is 2.33. The highest BCUT2D eigenvalue weighted by molar-refractivity contribution is 6.02. The molecule has 1 fully saturated rings. The molecule has 0 saturated carbocycles. The van der Waals surface area contributed by atoms with Crippen LogP contribution < -0.4 is 5.32 Å². The van der Waals surface area contributed by atoms with Gasteiger partial charge in [-0.3, -0.25) is 19.6 Å². The van der Waals surface area contributed by atoms with Crippen LogP contribution in [-0.4, -0.2) is 21.6 Å². The van der Waals surface area contributed by atoms with Gasteiger partial charge in [-0.25, -0.2) is 0 Å². The lowest BCUT2D eigenvalue weighted by Gasteiger charge is -2.19. The Morgan fingerprint density at radius 1 is 1.25 bits per heavy atom. The van der Waals surface area contributed by atoms with Crippen molar-refractivity contribution >= 4 is 22.7 Å². The number of para-hydroxylation sites is 1. The number of aryl methyl sites for hydroxylation is 2. The topological polar surface area (TPSA) is 64.0 Å². The van der Waals surface area contributed by atoms with Gasteiger partial charge in [0, 0.05) is 18.4 Å². The van der Waals surface area contributed by atoms with Crippen LogP contribution in [0.25, 0.3) is 10.9 Å². The van der Waals surface area contributed by atoms with Crippen molar-refractivity contribution in [2.24, 2.45) is 0 Å². The summed E-state index contributed by atoms with van der Waals surface area (Å²) in [6.07, 6.45) is 3.10. The van der Waals surface area contributed by atoms with Gasteiger partial charge in [0.05, 0.1) is 17.1 Å². The van der Waals surface area contributed by atoms with E-state index in [2.05, 4.69) is 16.5 Å². The van der Waals surface area contributed by atoms with Gasteiger partial charge in [0.25, 0.3) is 0 Å². The van der Waals surface area contributed by atoms with Crippen LogP contribution in [0.5, 0.6) is 0 Å². The van der Waals surface area contributed by atoms with E-state index in [0.29, 0.717) is 12.8 Å². The Labute approximate surface area is 116 Å². The molecule has 4 rings (SSSR count). The minimum atomic E-state index is -0.301. The summed E-state index contributed by atoms with van der Waals surface area (Å²) in [5.41, 5.74) is 3.30. The SMILES string of the molecule is O=C1CCC(c2nn3c4c(cccc24)CCC3)C(=O)N1. The number of aromatic nitrogens is 2. The summed E-state index contributed by atoms with van der Waals surface area (Å²) in [7, 11) is 0. The summed E-state index contributed by atoms with van der Waals surface area (Å²) in [4.78, 5) is 23.3. The van der Waals surface area contributed by atoms with Crippen molar-refractivity contribution < 1.29 is 9.59 Å². The van der Waals surface area contributed by atoms with Gasteiger partial charge < -0.3 is 0 Å². The molecule has 1 atom stereocenters. The first-order chi connectivity index (χ1) is 9.74. The fourth-order valence-corrected chi connectivity index (χ4v) is 3.33. The van der Waals surface area contributed by atoms with Gasteiger partial charge >= 0.3 is 0 Å². The van der Waals surface area contributed by atoms with E-state index in [-0.39, 0.29) is 17.7 Å². The molecule has 0 aliphatic carbocycles. The second kappa shape index (κ2) is 4.16. The number of piperidine rings is 1. The lowest BCUT2D eigenvalue weighted by molar-refractivity contribution is -0.134. The van der Waals surface area contributed by atoms with Crippen molar-refractivity contribution in [3.63, 3.8) is 0 Å². The number of benzene rings is 1. The van der Waals surface area contributed by atoms with Crippen LogP contribution in [0.1, 0.15) is 36.4 Å². The molecular formula is C15H15N3O2. The average molecular weight is 269 g/mol. The van der Waals surface area contributed by atoms with Crippen LogP contribution in [0.15, 0.2) is 18.2 Å². The zero-order valence-corrected chi connectivity index (χ0v) is 11.1. The molecule has 0 spiro atoms. The molecule has 1 aromatic heterocycles. The Hall–Kier alpha value is -2.17. The zero-order valence-electron chi connectivity index (χ0n) is 11.1. The molecule has 5 heteroatoms. The summed E-state index contributed by atoms with van der Waals surface area (Å²) in [6.45, 7) is 0.904. The van der Waals surface area contributed by atoms with E-state index in [4.69, 9.17) is 0 Å². The highest BCUT2D eigenvalue weighted by Gasteiger charge is 2.32. The molecule has 102 valence electrons. The molecule has 1 aromatic carbocycles. The fraction of sp³-hybridized carbons (Fsp3) is 0.400. The third-order valence-corrected chi connectivity index (χ3v) is 4.27. The quantitative estimate of drug-likeness (QED) is 0.798. The van der Waals surface area contributed by atoms with Crippen LogP contribution in [-0.2, 0) is 22.6 Å². The molecule has 3 heterocycles. The fourth-order valence-electron chi connectivity index (χ4n) is 3.33. The summed E-state index contributed by atoms with van der Waals surface area (Å²) < 4.78 is 2.02. The van der Waals surface area contributed by atoms with E-state index in [9.17, 15) is 9.59 Å². The Morgan fingerprint density at radius 3 is 3.00 bits per heavy atom. The summed E-state index contributed by atoms with van der Waals surface area (Å²) >= 11 is 0. The van der Waals surface area contributed by atoms with E-state index in [0.717, 1.165) is 30.5 Å². The summed E-state index contributed by atoms with van der Waals surface area (Å²) in [6, 6.07) is 6.20. The predicted molar refractivity (Wildman–Crippen MR) is 73.2 cm³/mol. The van der Waals surface area contributed by atoms with E-state index >= 15 is 0 Å². The van der Waals surface area contributed by atoms with E-state index in [1.54, 1.807) is 0 Å². The van der Waals surface area contributed by atoms with Crippen molar-refractivity contribution in [1.82, 2.24) is 15.1 Å². The van der Waals surface area contributed by atoms with Gasteiger partial charge in [0.1, 0.15) is 0 Å². The third kappa shape index (κ3) is 1.59. The Balaban J connectivity index is 1.87. The van der Waals surface area contributed by atoms with Gasteiger partial charge in [0.2, 0.25) is 11.8 Å². The lowest BCUT2D eigenvalue weighted by Crippen LogP contribution is -2.39. The standard InChI is InChI=1S/C15H15N3O2/c19-12-7-6-11(15(20)16-12)13-10-5-1-3-9-4-2-8-18(17-13)14(9)10/h1,3,5,11H,2,4,6-8H2,(H,16,19,20). The molecule has 0 bridgehead atoms. The first-order valence-corrected chi connectivity index (χ1v) is 7.06. The minimum absolute atomic E-state index is 0.181. The van der Waals surface area contributed by atoms with E-state index in [1.165, 1.54) is 11.1 Å². The molecule has 2 amide bonds. The van der Waals surface area contributed by atoms with Crippen LogP contribution in [0.2, 0.25) is 0 Å². The smallest absolute Gasteiger partial charge is 0.235 e. The summed E-state index contributed by atoms with van der Waals surface area (Å²) in [5, 5.41) is 8.15. The average Bonchev–Trinajstić information content (AvgIpc) is 2.80. The molecule has 2 aliphatic heterocycles. The Kier molecular flexibility index (Phi) is 2.42.